The van der Waals surface area contributed by atoms with E-state index in [1.54, 1.807) is 24.3 Å². The summed E-state index contributed by atoms with van der Waals surface area (Å²) in [7, 11) is -2.95. The van der Waals surface area contributed by atoms with Crippen molar-refractivity contribution in [2.24, 2.45) is 0 Å². The van der Waals surface area contributed by atoms with E-state index < -0.39 is 9.84 Å². The molecular weight excluding hydrogens is 371 g/mol. The Balaban J connectivity index is 1.82. The number of aromatic nitrogens is 2. The van der Waals surface area contributed by atoms with Crippen molar-refractivity contribution in [1.82, 2.24) is 9.97 Å². The highest BCUT2D eigenvalue weighted by Gasteiger charge is 2.28. The van der Waals surface area contributed by atoms with Crippen LogP contribution >= 0.6 is 23.2 Å². The summed E-state index contributed by atoms with van der Waals surface area (Å²) in [6, 6.07) is 6.81. The quantitative estimate of drug-likeness (QED) is 0.836. The summed E-state index contributed by atoms with van der Waals surface area (Å²) in [6.45, 7) is 1.83. The van der Waals surface area contributed by atoms with Crippen molar-refractivity contribution in [3.63, 3.8) is 0 Å². The molecule has 0 aliphatic carbocycles. The summed E-state index contributed by atoms with van der Waals surface area (Å²) < 4.78 is 23.1. The van der Waals surface area contributed by atoms with Crippen LogP contribution in [0.4, 0.5) is 17.5 Å². The zero-order chi connectivity index (χ0) is 17.3. The molecule has 9 heteroatoms. The topological polar surface area (TPSA) is 84.0 Å². The second-order valence-electron chi connectivity index (χ2n) is 5.68. The fourth-order valence-electron chi connectivity index (χ4n) is 2.55. The molecule has 24 heavy (non-hydrogen) atoms. The molecule has 0 amide bonds. The van der Waals surface area contributed by atoms with Gasteiger partial charge in [0, 0.05) is 17.8 Å². The summed E-state index contributed by atoms with van der Waals surface area (Å²) in [5.74, 6) is 1.23. The van der Waals surface area contributed by atoms with Crippen LogP contribution < -0.4 is 10.6 Å². The van der Waals surface area contributed by atoms with Gasteiger partial charge < -0.3 is 10.6 Å². The molecule has 0 radical (unpaired) electrons. The van der Waals surface area contributed by atoms with Gasteiger partial charge in [-0.1, -0.05) is 29.3 Å². The van der Waals surface area contributed by atoms with Crippen LogP contribution in [0.3, 0.4) is 0 Å². The molecule has 6 nitrogen and oxygen atoms in total. The van der Waals surface area contributed by atoms with E-state index in [9.17, 15) is 8.42 Å². The molecule has 3 rings (SSSR count). The number of nitrogens with one attached hydrogen (secondary N) is 2. The number of halogens is 2. The van der Waals surface area contributed by atoms with Crippen LogP contribution in [-0.4, -0.2) is 35.9 Å². The Labute approximate surface area is 150 Å². The van der Waals surface area contributed by atoms with Crippen molar-refractivity contribution in [2.45, 2.75) is 19.4 Å². The third kappa shape index (κ3) is 4.09. The molecule has 1 aliphatic rings. The molecule has 1 unspecified atom stereocenters. The lowest BCUT2D eigenvalue weighted by Gasteiger charge is -2.14. The van der Waals surface area contributed by atoms with Crippen molar-refractivity contribution < 1.29 is 8.42 Å². The van der Waals surface area contributed by atoms with E-state index >= 15 is 0 Å². The highest BCUT2D eigenvalue weighted by molar-refractivity contribution is 7.91. The molecule has 2 N–H and O–H groups in total. The second-order valence-corrected chi connectivity index (χ2v) is 8.73. The predicted octanol–water partition coefficient (Wildman–Crippen LogP) is 3.43. The number of rotatable bonds is 4. The van der Waals surface area contributed by atoms with Gasteiger partial charge in [0.1, 0.15) is 5.82 Å². The maximum atomic E-state index is 11.6. The first kappa shape index (κ1) is 17.3. The molecule has 1 aliphatic heterocycles. The van der Waals surface area contributed by atoms with Crippen LogP contribution in [0.15, 0.2) is 24.3 Å². The molecule has 0 bridgehead atoms. The first-order valence-corrected chi connectivity index (χ1v) is 9.94. The molecule has 2 aromatic rings. The highest BCUT2D eigenvalue weighted by atomic mass is 35.5. The Morgan fingerprint density at radius 2 is 1.92 bits per heavy atom. The minimum absolute atomic E-state index is 0.120. The van der Waals surface area contributed by atoms with Gasteiger partial charge in [0.2, 0.25) is 5.95 Å². The SMILES string of the molecule is Cc1cc(NC2CCS(=O)(=O)C2)nc(Nc2c(Cl)cccc2Cl)n1. The van der Waals surface area contributed by atoms with Gasteiger partial charge in [0.15, 0.2) is 9.84 Å². The van der Waals surface area contributed by atoms with E-state index in [1.165, 1.54) is 0 Å². The van der Waals surface area contributed by atoms with Crippen LogP contribution in [0, 0.1) is 6.92 Å². The zero-order valence-corrected chi connectivity index (χ0v) is 15.2. The van der Waals surface area contributed by atoms with E-state index in [0.29, 0.717) is 33.9 Å². The minimum atomic E-state index is -2.95. The number of para-hydroxylation sites is 1. The molecule has 1 fully saturated rings. The lowest BCUT2D eigenvalue weighted by atomic mass is 10.2. The average Bonchev–Trinajstić information content (AvgIpc) is 2.81. The summed E-state index contributed by atoms with van der Waals surface area (Å²) in [5.41, 5.74) is 1.26. The molecule has 0 spiro atoms. The summed E-state index contributed by atoms with van der Waals surface area (Å²) in [5, 5.41) is 7.10. The number of hydrogen-bond donors (Lipinski definition) is 2. The van der Waals surface area contributed by atoms with Crippen molar-refractivity contribution in [3.05, 3.63) is 40.0 Å². The number of nitrogens with zero attached hydrogens (tertiary/aromatic N) is 2. The number of benzene rings is 1. The van der Waals surface area contributed by atoms with Gasteiger partial charge in [-0.05, 0) is 25.5 Å². The number of anilines is 3. The summed E-state index contributed by atoms with van der Waals surface area (Å²) in [4.78, 5) is 8.69. The van der Waals surface area contributed by atoms with Crippen molar-refractivity contribution in [3.8, 4) is 0 Å². The van der Waals surface area contributed by atoms with Gasteiger partial charge in [-0.2, -0.15) is 4.98 Å². The Bertz CT molecular complexity index is 854. The molecule has 0 saturated carbocycles. The molecular formula is C15H16Cl2N4O2S. The lowest BCUT2D eigenvalue weighted by Crippen LogP contribution is -2.21. The third-order valence-electron chi connectivity index (χ3n) is 3.64. The minimum Gasteiger partial charge on any atom is -0.366 e. The van der Waals surface area contributed by atoms with E-state index in [2.05, 4.69) is 20.6 Å². The van der Waals surface area contributed by atoms with E-state index in [1.807, 2.05) is 6.92 Å². The maximum absolute atomic E-state index is 11.6. The fourth-order valence-corrected chi connectivity index (χ4v) is 4.71. The maximum Gasteiger partial charge on any atom is 0.229 e. The van der Waals surface area contributed by atoms with Gasteiger partial charge in [0.25, 0.3) is 0 Å². The summed E-state index contributed by atoms with van der Waals surface area (Å²) >= 11 is 12.3. The first-order chi connectivity index (χ1) is 11.3. The predicted molar refractivity (Wildman–Crippen MR) is 97.2 cm³/mol. The van der Waals surface area contributed by atoms with E-state index in [4.69, 9.17) is 23.2 Å². The van der Waals surface area contributed by atoms with Gasteiger partial charge in [-0.25, -0.2) is 13.4 Å². The lowest BCUT2D eigenvalue weighted by molar-refractivity contribution is 0.602. The van der Waals surface area contributed by atoms with Crippen LogP contribution in [0.5, 0.6) is 0 Å². The van der Waals surface area contributed by atoms with Crippen LogP contribution in [-0.2, 0) is 9.84 Å². The van der Waals surface area contributed by atoms with Gasteiger partial charge >= 0.3 is 0 Å². The normalized spacial score (nSPS) is 19.2. The molecule has 128 valence electrons. The van der Waals surface area contributed by atoms with E-state index in [-0.39, 0.29) is 17.5 Å². The number of hydrogen-bond acceptors (Lipinski definition) is 6. The molecule has 2 heterocycles. The van der Waals surface area contributed by atoms with Crippen molar-refractivity contribution >= 4 is 50.5 Å². The van der Waals surface area contributed by atoms with Crippen LogP contribution in [0.1, 0.15) is 12.1 Å². The van der Waals surface area contributed by atoms with Crippen molar-refractivity contribution in [1.29, 1.82) is 0 Å². The Hall–Kier alpha value is -1.57. The first-order valence-electron chi connectivity index (χ1n) is 7.36. The Morgan fingerprint density at radius 3 is 2.54 bits per heavy atom. The average molecular weight is 387 g/mol. The standard InChI is InChI=1S/C15H16Cl2N4O2S/c1-9-7-13(19-10-5-6-24(22,23)8-10)20-15(18-9)21-14-11(16)3-2-4-12(14)17/h2-4,7,10H,5-6,8H2,1H3,(H2,18,19,20,21). The highest BCUT2D eigenvalue weighted by Crippen LogP contribution is 2.32. The van der Waals surface area contributed by atoms with Gasteiger partial charge in [-0.15, -0.1) is 0 Å². The van der Waals surface area contributed by atoms with E-state index in [0.717, 1.165) is 5.69 Å². The monoisotopic (exact) mass is 386 g/mol. The third-order valence-corrected chi connectivity index (χ3v) is 6.04. The van der Waals surface area contributed by atoms with Gasteiger partial charge in [0.05, 0.1) is 27.2 Å². The number of aryl methyl sites for hydroxylation is 1. The molecule has 1 saturated heterocycles. The molecule has 1 atom stereocenters. The molecule has 1 aromatic heterocycles. The Kier molecular flexibility index (Phi) is 4.85. The second kappa shape index (κ2) is 6.74. The molecule has 1 aromatic carbocycles. The van der Waals surface area contributed by atoms with Gasteiger partial charge in [-0.3, -0.25) is 0 Å². The van der Waals surface area contributed by atoms with Crippen LogP contribution in [0.25, 0.3) is 0 Å². The van der Waals surface area contributed by atoms with Crippen LogP contribution in [0.2, 0.25) is 10.0 Å². The smallest absolute Gasteiger partial charge is 0.229 e. The van der Waals surface area contributed by atoms with Crippen molar-refractivity contribution in [2.75, 3.05) is 22.1 Å². The number of sulfone groups is 1. The summed E-state index contributed by atoms with van der Waals surface area (Å²) in [6.07, 6.45) is 0.574. The fraction of sp³-hybridized carbons (Fsp3) is 0.333. The Morgan fingerprint density at radius 1 is 1.21 bits per heavy atom. The zero-order valence-electron chi connectivity index (χ0n) is 12.9. The largest absolute Gasteiger partial charge is 0.366 e.